The summed E-state index contributed by atoms with van der Waals surface area (Å²) >= 11 is 0. The zero-order valence-corrected chi connectivity index (χ0v) is 14.8. The maximum atomic E-state index is 12.4. The van der Waals surface area contributed by atoms with E-state index in [1.807, 2.05) is 35.9 Å². The Morgan fingerprint density at radius 2 is 1.92 bits per heavy atom. The highest BCUT2D eigenvalue weighted by molar-refractivity contribution is 7.91. The minimum absolute atomic E-state index is 0.0847. The van der Waals surface area contributed by atoms with Gasteiger partial charge in [-0.05, 0) is 24.6 Å². The zero-order valence-electron chi connectivity index (χ0n) is 14.0. The third-order valence-electron chi connectivity index (χ3n) is 3.64. The highest BCUT2D eigenvalue weighted by Gasteiger charge is 2.14. The number of anilines is 1. The number of benzene rings is 2. The molecule has 0 radical (unpaired) electrons. The third-order valence-corrected chi connectivity index (χ3v) is 4.90. The SMILES string of the molecule is COc1cc(NS(=O)(=O)Cc2ccccc2)ccc1-n1cnc(C)c1. The standard InChI is InChI=1S/C18H19N3O3S/c1-14-11-21(13-19-14)17-9-8-16(10-18(17)24-2)20-25(22,23)12-15-6-4-3-5-7-15/h3-11,13,20H,12H2,1-2H3. The highest BCUT2D eigenvalue weighted by atomic mass is 32.2. The van der Waals surface area contributed by atoms with Crippen LogP contribution in [0.5, 0.6) is 5.75 Å². The van der Waals surface area contributed by atoms with Crippen LogP contribution in [-0.4, -0.2) is 25.1 Å². The molecule has 7 heteroatoms. The minimum atomic E-state index is -3.51. The number of nitrogens with zero attached hydrogens (tertiary/aromatic N) is 2. The fourth-order valence-corrected chi connectivity index (χ4v) is 3.71. The lowest BCUT2D eigenvalue weighted by Crippen LogP contribution is -2.15. The number of aromatic nitrogens is 2. The maximum absolute atomic E-state index is 12.4. The molecule has 0 aliphatic heterocycles. The van der Waals surface area contributed by atoms with Gasteiger partial charge in [0.05, 0.1) is 36.3 Å². The van der Waals surface area contributed by atoms with Gasteiger partial charge in [-0.2, -0.15) is 0 Å². The summed E-state index contributed by atoms with van der Waals surface area (Å²) in [7, 11) is -1.96. The van der Waals surface area contributed by atoms with Crippen LogP contribution < -0.4 is 9.46 Å². The second kappa shape index (κ2) is 6.98. The molecule has 0 saturated carbocycles. The maximum Gasteiger partial charge on any atom is 0.236 e. The van der Waals surface area contributed by atoms with E-state index in [9.17, 15) is 8.42 Å². The van der Waals surface area contributed by atoms with Crippen molar-refractivity contribution in [3.05, 3.63) is 72.3 Å². The summed E-state index contributed by atoms with van der Waals surface area (Å²) in [6.07, 6.45) is 3.56. The van der Waals surface area contributed by atoms with Crippen LogP contribution in [-0.2, 0) is 15.8 Å². The number of nitrogens with one attached hydrogen (secondary N) is 1. The Morgan fingerprint density at radius 3 is 2.56 bits per heavy atom. The van der Waals surface area contributed by atoms with Crippen molar-refractivity contribution in [2.45, 2.75) is 12.7 Å². The summed E-state index contributed by atoms with van der Waals surface area (Å²) in [5.41, 5.74) is 2.85. The molecule has 1 heterocycles. The van der Waals surface area contributed by atoms with E-state index in [1.54, 1.807) is 43.8 Å². The lowest BCUT2D eigenvalue weighted by molar-refractivity contribution is 0.413. The van der Waals surface area contributed by atoms with Crippen molar-refractivity contribution in [2.24, 2.45) is 0 Å². The van der Waals surface area contributed by atoms with Crippen molar-refractivity contribution >= 4 is 15.7 Å². The van der Waals surface area contributed by atoms with E-state index in [-0.39, 0.29) is 5.75 Å². The van der Waals surface area contributed by atoms with Gasteiger partial charge < -0.3 is 9.30 Å². The normalized spacial score (nSPS) is 11.3. The monoisotopic (exact) mass is 357 g/mol. The van der Waals surface area contributed by atoms with Crippen LogP contribution in [0.1, 0.15) is 11.3 Å². The third kappa shape index (κ3) is 4.19. The number of ether oxygens (including phenoxy) is 1. The smallest absolute Gasteiger partial charge is 0.236 e. The summed E-state index contributed by atoms with van der Waals surface area (Å²) in [5.74, 6) is 0.468. The second-order valence-corrected chi connectivity index (χ2v) is 7.38. The molecule has 0 spiro atoms. The van der Waals surface area contributed by atoms with Crippen molar-refractivity contribution in [2.75, 3.05) is 11.8 Å². The van der Waals surface area contributed by atoms with Gasteiger partial charge in [0, 0.05) is 12.3 Å². The lowest BCUT2D eigenvalue weighted by Gasteiger charge is -2.13. The average molecular weight is 357 g/mol. The first-order chi connectivity index (χ1) is 12.0. The van der Waals surface area contributed by atoms with E-state index in [0.717, 1.165) is 16.9 Å². The molecule has 0 aliphatic rings. The van der Waals surface area contributed by atoms with Crippen molar-refractivity contribution < 1.29 is 13.2 Å². The lowest BCUT2D eigenvalue weighted by atomic mass is 10.2. The van der Waals surface area contributed by atoms with Gasteiger partial charge in [-0.1, -0.05) is 30.3 Å². The zero-order chi connectivity index (χ0) is 17.9. The molecule has 0 aliphatic carbocycles. The molecule has 3 rings (SSSR count). The number of hydrogen-bond donors (Lipinski definition) is 1. The number of rotatable bonds is 6. The minimum Gasteiger partial charge on any atom is -0.494 e. The van der Waals surface area contributed by atoms with Gasteiger partial charge >= 0.3 is 0 Å². The van der Waals surface area contributed by atoms with Crippen LogP contribution in [0.3, 0.4) is 0 Å². The Morgan fingerprint density at radius 1 is 1.16 bits per heavy atom. The van der Waals surface area contributed by atoms with Crippen LogP contribution in [0.4, 0.5) is 5.69 Å². The van der Waals surface area contributed by atoms with Crippen LogP contribution in [0.2, 0.25) is 0 Å². The molecular weight excluding hydrogens is 338 g/mol. The number of sulfonamides is 1. The summed E-state index contributed by atoms with van der Waals surface area (Å²) in [6, 6.07) is 14.2. The molecule has 3 aromatic rings. The number of imidazole rings is 1. The first-order valence-electron chi connectivity index (χ1n) is 7.70. The molecule has 1 N–H and O–H groups in total. The average Bonchev–Trinajstić information content (AvgIpc) is 3.01. The second-order valence-electron chi connectivity index (χ2n) is 5.66. The molecular formula is C18H19N3O3S. The first-order valence-corrected chi connectivity index (χ1v) is 9.35. The van der Waals surface area contributed by atoms with Crippen LogP contribution >= 0.6 is 0 Å². The van der Waals surface area contributed by atoms with E-state index in [0.29, 0.717) is 11.4 Å². The molecule has 0 amide bonds. The topological polar surface area (TPSA) is 73.2 Å². The molecule has 0 fully saturated rings. The van der Waals surface area contributed by atoms with Crippen LogP contribution in [0.15, 0.2) is 61.1 Å². The summed E-state index contributed by atoms with van der Waals surface area (Å²) in [4.78, 5) is 4.19. The van der Waals surface area contributed by atoms with E-state index < -0.39 is 10.0 Å². The molecule has 6 nitrogen and oxygen atoms in total. The molecule has 0 unspecified atom stereocenters. The van der Waals surface area contributed by atoms with Crippen molar-refractivity contribution in [1.29, 1.82) is 0 Å². The largest absolute Gasteiger partial charge is 0.494 e. The number of aryl methyl sites for hydroxylation is 1. The predicted molar refractivity (Wildman–Crippen MR) is 97.5 cm³/mol. The number of hydrogen-bond acceptors (Lipinski definition) is 4. The van der Waals surface area contributed by atoms with Gasteiger partial charge in [0.2, 0.25) is 10.0 Å². The summed E-state index contributed by atoms with van der Waals surface area (Å²) in [5, 5.41) is 0. The van der Waals surface area contributed by atoms with Gasteiger partial charge in [0.25, 0.3) is 0 Å². The fraction of sp³-hybridized carbons (Fsp3) is 0.167. The van der Waals surface area contributed by atoms with E-state index in [1.165, 1.54) is 0 Å². The van der Waals surface area contributed by atoms with E-state index >= 15 is 0 Å². The number of methoxy groups -OCH3 is 1. The molecule has 25 heavy (non-hydrogen) atoms. The summed E-state index contributed by atoms with van der Waals surface area (Å²) < 4.78 is 34.5. The van der Waals surface area contributed by atoms with E-state index in [2.05, 4.69) is 9.71 Å². The van der Waals surface area contributed by atoms with Gasteiger partial charge in [-0.3, -0.25) is 4.72 Å². The van der Waals surface area contributed by atoms with Crippen LogP contribution in [0.25, 0.3) is 5.69 Å². The Labute approximate surface area is 147 Å². The predicted octanol–water partition coefficient (Wildman–Crippen LogP) is 3.13. The first kappa shape index (κ1) is 17.0. The van der Waals surface area contributed by atoms with Crippen molar-refractivity contribution in [1.82, 2.24) is 9.55 Å². The van der Waals surface area contributed by atoms with Gasteiger partial charge in [-0.25, -0.2) is 13.4 Å². The molecule has 0 saturated heterocycles. The van der Waals surface area contributed by atoms with Crippen LogP contribution in [0, 0.1) is 6.92 Å². The van der Waals surface area contributed by atoms with Gasteiger partial charge in [0.1, 0.15) is 5.75 Å². The van der Waals surface area contributed by atoms with Crippen molar-refractivity contribution in [3.8, 4) is 11.4 Å². The van der Waals surface area contributed by atoms with Gasteiger partial charge in [0.15, 0.2) is 0 Å². The highest BCUT2D eigenvalue weighted by Crippen LogP contribution is 2.27. The fourth-order valence-electron chi connectivity index (χ4n) is 2.52. The molecule has 2 aromatic carbocycles. The molecule has 130 valence electrons. The Balaban J connectivity index is 1.83. The Hall–Kier alpha value is -2.80. The molecule has 0 bridgehead atoms. The van der Waals surface area contributed by atoms with Crippen molar-refractivity contribution in [3.63, 3.8) is 0 Å². The van der Waals surface area contributed by atoms with E-state index in [4.69, 9.17) is 4.74 Å². The molecule has 1 aromatic heterocycles. The molecule has 0 atom stereocenters. The van der Waals surface area contributed by atoms with Gasteiger partial charge in [-0.15, -0.1) is 0 Å². The Bertz CT molecular complexity index is 966. The quantitative estimate of drug-likeness (QED) is 0.736. The Kier molecular flexibility index (Phi) is 4.76. The summed E-state index contributed by atoms with van der Waals surface area (Å²) in [6.45, 7) is 1.90.